The predicted octanol–water partition coefficient (Wildman–Crippen LogP) is 1.87. The first-order valence-electron chi connectivity index (χ1n) is 6.26. The average Bonchev–Trinajstić information content (AvgIpc) is 2.81. The lowest BCUT2D eigenvalue weighted by Gasteiger charge is -2.18. The third kappa shape index (κ3) is 2.87. The number of nitrogens with two attached hydrogens (primary N) is 1. The number of hydrogen-bond acceptors (Lipinski definition) is 3. The van der Waals surface area contributed by atoms with Gasteiger partial charge in [0.1, 0.15) is 5.82 Å². The van der Waals surface area contributed by atoms with Crippen LogP contribution in [0.1, 0.15) is 24.5 Å². The summed E-state index contributed by atoms with van der Waals surface area (Å²) in [6.07, 6.45) is 1.07. The smallest absolute Gasteiger partial charge is 0.127 e. The summed E-state index contributed by atoms with van der Waals surface area (Å²) in [6, 6.07) is 6.74. The lowest BCUT2D eigenvalue weighted by Crippen LogP contribution is -2.29. The Hall–Kier alpha value is -1.44. The van der Waals surface area contributed by atoms with Crippen LogP contribution in [0, 0.1) is 23.1 Å². The monoisotopic (exact) mass is 247 g/mol. The Morgan fingerprint density at radius 3 is 3.00 bits per heavy atom. The van der Waals surface area contributed by atoms with Gasteiger partial charge in [-0.25, -0.2) is 4.39 Å². The fraction of sp³-hybridized carbons (Fsp3) is 0.500. The molecule has 4 heteroatoms. The molecule has 1 saturated heterocycles. The van der Waals surface area contributed by atoms with Crippen LogP contribution < -0.4 is 5.73 Å². The van der Waals surface area contributed by atoms with Crippen molar-refractivity contribution < 1.29 is 4.39 Å². The van der Waals surface area contributed by atoms with E-state index in [1.54, 1.807) is 6.07 Å². The minimum Gasteiger partial charge on any atom is -0.328 e. The maximum atomic E-state index is 13.7. The van der Waals surface area contributed by atoms with Gasteiger partial charge in [-0.15, -0.1) is 0 Å². The van der Waals surface area contributed by atoms with Crippen molar-refractivity contribution in [2.75, 3.05) is 13.1 Å². The Morgan fingerprint density at radius 1 is 1.61 bits per heavy atom. The summed E-state index contributed by atoms with van der Waals surface area (Å²) in [5, 5.41) is 8.83. The first kappa shape index (κ1) is 13.0. The number of likely N-dealkylation sites (tertiary alicyclic amines) is 1. The molecule has 0 aromatic heterocycles. The van der Waals surface area contributed by atoms with Crippen molar-refractivity contribution in [3.63, 3.8) is 0 Å². The normalized spacial score (nSPS) is 21.8. The molecule has 0 saturated carbocycles. The first-order valence-corrected chi connectivity index (χ1v) is 6.26. The van der Waals surface area contributed by atoms with Gasteiger partial charge in [-0.3, -0.25) is 4.90 Å². The van der Waals surface area contributed by atoms with Gasteiger partial charge in [-0.2, -0.15) is 5.26 Å². The lowest BCUT2D eigenvalue weighted by molar-refractivity contribution is 0.304. The van der Waals surface area contributed by atoms with E-state index in [2.05, 4.69) is 4.90 Å². The van der Waals surface area contributed by atoms with Crippen molar-refractivity contribution in [3.05, 3.63) is 35.1 Å². The van der Waals surface area contributed by atoms with Crippen molar-refractivity contribution in [3.8, 4) is 6.07 Å². The van der Waals surface area contributed by atoms with Crippen LogP contribution in [0.3, 0.4) is 0 Å². The molecule has 1 aromatic carbocycles. The molecule has 96 valence electrons. The predicted molar refractivity (Wildman–Crippen MR) is 68.1 cm³/mol. The van der Waals surface area contributed by atoms with Crippen LogP contribution >= 0.6 is 0 Å². The van der Waals surface area contributed by atoms with E-state index in [0.717, 1.165) is 19.5 Å². The highest BCUT2D eigenvalue weighted by Crippen LogP contribution is 2.22. The van der Waals surface area contributed by atoms with E-state index in [4.69, 9.17) is 11.0 Å². The van der Waals surface area contributed by atoms with Gasteiger partial charge in [0.05, 0.1) is 11.6 Å². The molecule has 1 aromatic rings. The van der Waals surface area contributed by atoms with Crippen LogP contribution in [0.2, 0.25) is 0 Å². The zero-order valence-electron chi connectivity index (χ0n) is 10.6. The third-order valence-corrected chi connectivity index (χ3v) is 3.62. The van der Waals surface area contributed by atoms with Crippen LogP contribution in [-0.4, -0.2) is 24.0 Å². The number of halogens is 1. The van der Waals surface area contributed by atoms with Gasteiger partial charge in [0.15, 0.2) is 0 Å². The molecule has 2 N–H and O–H groups in total. The van der Waals surface area contributed by atoms with Crippen molar-refractivity contribution in [1.82, 2.24) is 4.90 Å². The molecule has 2 atom stereocenters. The largest absolute Gasteiger partial charge is 0.328 e. The summed E-state index contributed by atoms with van der Waals surface area (Å²) in [6.45, 7) is 4.44. The zero-order valence-corrected chi connectivity index (χ0v) is 10.6. The van der Waals surface area contributed by atoms with E-state index in [1.807, 2.05) is 13.0 Å². The SMILES string of the molecule is CC(N)C1CCN(Cc2cc(C#N)ccc2F)C1. The molecule has 3 nitrogen and oxygen atoms in total. The van der Waals surface area contributed by atoms with Crippen molar-refractivity contribution in [2.24, 2.45) is 11.7 Å². The standard InChI is InChI=1S/C14H18FN3/c1-10(17)12-4-5-18(8-12)9-13-6-11(7-16)2-3-14(13)15/h2-3,6,10,12H,4-5,8-9,17H2,1H3. The second-order valence-corrected chi connectivity index (χ2v) is 5.06. The van der Waals surface area contributed by atoms with Crippen molar-refractivity contribution in [1.29, 1.82) is 5.26 Å². The summed E-state index contributed by atoms with van der Waals surface area (Å²) in [5.74, 6) is 0.255. The van der Waals surface area contributed by atoms with Gasteiger partial charge >= 0.3 is 0 Å². The lowest BCUT2D eigenvalue weighted by atomic mass is 10.0. The van der Waals surface area contributed by atoms with E-state index in [-0.39, 0.29) is 11.9 Å². The summed E-state index contributed by atoms with van der Waals surface area (Å²) < 4.78 is 13.7. The van der Waals surface area contributed by atoms with Crippen molar-refractivity contribution in [2.45, 2.75) is 25.9 Å². The minimum absolute atomic E-state index is 0.185. The number of nitrogens with zero attached hydrogens (tertiary/aromatic N) is 2. The molecule has 2 unspecified atom stereocenters. The van der Waals surface area contributed by atoms with Gasteiger partial charge in [-0.1, -0.05) is 0 Å². The molecule has 1 aliphatic heterocycles. The van der Waals surface area contributed by atoms with Gasteiger partial charge in [0.2, 0.25) is 0 Å². The fourth-order valence-electron chi connectivity index (χ4n) is 2.44. The molecule has 0 spiro atoms. The second kappa shape index (κ2) is 5.47. The van der Waals surface area contributed by atoms with Crippen LogP contribution in [0.4, 0.5) is 4.39 Å². The summed E-state index contributed by atoms with van der Waals surface area (Å²) in [5.41, 5.74) is 6.99. The Balaban J connectivity index is 2.04. The van der Waals surface area contributed by atoms with E-state index in [9.17, 15) is 4.39 Å². The molecule has 1 aliphatic rings. The van der Waals surface area contributed by atoms with E-state index < -0.39 is 0 Å². The van der Waals surface area contributed by atoms with Gasteiger partial charge < -0.3 is 5.73 Å². The Bertz CT molecular complexity index is 465. The molecule has 0 amide bonds. The maximum absolute atomic E-state index is 13.7. The molecule has 1 fully saturated rings. The molecule has 18 heavy (non-hydrogen) atoms. The van der Waals surface area contributed by atoms with E-state index in [1.165, 1.54) is 12.1 Å². The molecule has 0 radical (unpaired) electrons. The second-order valence-electron chi connectivity index (χ2n) is 5.06. The zero-order chi connectivity index (χ0) is 13.1. The Morgan fingerprint density at radius 2 is 2.39 bits per heavy atom. The Labute approximate surface area is 107 Å². The number of rotatable bonds is 3. The molecule has 1 heterocycles. The van der Waals surface area contributed by atoms with Gasteiger partial charge in [0.25, 0.3) is 0 Å². The molecule has 2 rings (SSSR count). The maximum Gasteiger partial charge on any atom is 0.127 e. The van der Waals surface area contributed by atoms with E-state index >= 15 is 0 Å². The number of nitriles is 1. The van der Waals surface area contributed by atoms with Crippen LogP contribution in [0.5, 0.6) is 0 Å². The van der Waals surface area contributed by atoms with Gasteiger partial charge in [0, 0.05) is 24.7 Å². The van der Waals surface area contributed by atoms with E-state index in [0.29, 0.717) is 23.6 Å². The molecular weight excluding hydrogens is 229 g/mol. The minimum atomic E-state index is -0.238. The first-order chi connectivity index (χ1) is 8.60. The van der Waals surface area contributed by atoms with Gasteiger partial charge in [-0.05, 0) is 44.0 Å². The molecule has 0 bridgehead atoms. The molecule has 0 aliphatic carbocycles. The highest BCUT2D eigenvalue weighted by Gasteiger charge is 2.25. The summed E-state index contributed by atoms with van der Waals surface area (Å²) in [7, 11) is 0. The van der Waals surface area contributed by atoms with Crippen molar-refractivity contribution >= 4 is 0 Å². The Kier molecular flexibility index (Phi) is 3.95. The van der Waals surface area contributed by atoms with Crippen LogP contribution in [-0.2, 0) is 6.54 Å². The molecular formula is C14H18FN3. The highest BCUT2D eigenvalue weighted by molar-refractivity contribution is 5.33. The summed E-state index contributed by atoms with van der Waals surface area (Å²) in [4.78, 5) is 2.20. The fourth-order valence-corrected chi connectivity index (χ4v) is 2.44. The quantitative estimate of drug-likeness (QED) is 0.887. The number of hydrogen-bond donors (Lipinski definition) is 1. The van der Waals surface area contributed by atoms with Crippen LogP contribution in [0.25, 0.3) is 0 Å². The summed E-state index contributed by atoms with van der Waals surface area (Å²) >= 11 is 0. The third-order valence-electron chi connectivity index (χ3n) is 3.62. The van der Waals surface area contributed by atoms with Crippen LogP contribution in [0.15, 0.2) is 18.2 Å². The highest BCUT2D eigenvalue weighted by atomic mass is 19.1. The topological polar surface area (TPSA) is 53.0 Å². The average molecular weight is 247 g/mol. The number of benzene rings is 1.